The van der Waals surface area contributed by atoms with Crippen LogP contribution in [0.2, 0.25) is 0 Å². The number of ether oxygens (including phenoxy) is 2. The lowest BCUT2D eigenvalue weighted by Gasteiger charge is -2.31. The van der Waals surface area contributed by atoms with E-state index in [-0.39, 0.29) is 30.9 Å². The van der Waals surface area contributed by atoms with Crippen LogP contribution >= 0.6 is 0 Å². The fourth-order valence-electron chi connectivity index (χ4n) is 4.23. The van der Waals surface area contributed by atoms with Gasteiger partial charge in [0.2, 0.25) is 5.91 Å². The zero-order chi connectivity index (χ0) is 24.8. The number of hydrogen-bond acceptors (Lipinski definition) is 6. The lowest BCUT2D eigenvalue weighted by Crippen LogP contribution is -2.43. The molecule has 0 saturated carbocycles. The molecule has 0 aliphatic carbocycles. The van der Waals surface area contributed by atoms with Gasteiger partial charge in [-0.25, -0.2) is 4.79 Å². The number of hydrogen-bond donors (Lipinski definition) is 1. The maximum absolute atomic E-state index is 12.5. The molecule has 1 aliphatic rings. The number of fused-ring (bicyclic) bond motifs is 1. The van der Waals surface area contributed by atoms with Gasteiger partial charge in [0.25, 0.3) is 5.91 Å². The second kappa shape index (κ2) is 10.9. The Balaban J connectivity index is 1.26. The van der Waals surface area contributed by atoms with Gasteiger partial charge in [0.05, 0.1) is 12.7 Å². The van der Waals surface area contributed by atoms with Gasteiger partial charge in [0.15, 0.2) is 6.61 Å². The molecule has 2 heterocycles. The predicted molar refractivity (Wildman–Crippen MR) is 129 cm³/mol. The Hall–Kier alpha value is -4.14. The predicted octanol–water partition coefficient (Wildman–Crippen LogP) is 2.85. The molecule has 1 aromatic heterocycles. The smallest absolute Gasteiger partial charge is 0.340 e. The van der Waals surface area contributed by atoms with Gasteiger partial charge in [-0.2, -0.15) is 0 Å². The monoisotopic (exact) mass is 477 g/mol. The van der Waals surface area contributed by atoms with Crippen molar-refractivity contribution in [2.45, 2.75) is 19.4 Å². The van der Waals surface area contributed by atoms with Crippen LogP contribution in [0.3, 0.4) is 0 Å². The molecule has 1 saturated heterocycles. The number of benzene rings is 2. The van der Waals surface area contributed by atoms with E-state index in [4.69, 9.17) is 9.47 Å². The fraction of sp³-hybridized carbons (Fsp3) is 0.308. The number of esters is 2. The Morgan fingerprint density at radius 1 is 0.971 bits per heavy atom. The molecular weight excluding hydrogens is 450 g/mol. The maximum Gasteiger partial charge on any atom is 0.340 e. The normalized spacial score (nSPS) is 13.9. The standard InChI is InChI=1S/C26H27N3O6/c1-34-26(33)21-15-29(22-10-6-5-9-20(21)22)16-24(31)35-17-23(30)28-13-11-18(12-14-28)25(32)27-19-7-3-2-4-8-19/h2-10,15,18H,11-14,16-17H2,1H3,(H,27,32). The molecule has 1 N–H and O–H groups in total. The van der Waals surface area contributed by atoms with E-state index >= 15 is 0 Å². The highest BCUT2D eigenvalue weighted by molar-refractivity contribution is 6.04. The summed E-state index contributed by atoms with van der Waals surface area (Å²) in [5.41, 5.74) is 1.79. The number of methoxy groups -OCH3 is 1. The highest BCUT2D eigenvalue weighted by Crippen LogP contribution is 2.22. The van der Waals surface area contributed by atoms with E-state index in [0.29, 0.717) is 42.4 Å². The molecule has 1 aliphatic heterocycles. The molecule has 0 atom stereocenters. The Bertz CT molecular complexity index is 1230. The first-order chi connectivity index (χ1) is 17.0. The van der Waals surface area contributed by atoms with E-state index in [0.717, 1.165) is 5.69 Å². The highest BCUT2D eigenvalue weighted by atomic mass is 16.5. The SMILES string of the molecule is COC(=O)c1cn(CC(=O)OCC(=O)N2CCC(C(=O)Nc3ccccc3)CC2)c2ccccc12. The average Bonchev–Trinajstić information content (AvgIpc) is 3.25. The van der Waals surface area contributed by atoms with Crippen LogP contribution in [0, 0.1) is 5.92 Å². The number of likely N-dealkylation sites (tertiary alicyclic amines) is 1. The van der Waals surface area contributed by atoms with E-state index in [1.807, 2.05) is 30.3 Å². The van der Waals surface area contributed by atoms with Gasteiger partial charge in [-0.1, -0.05) is 36.4 Å². The van der Waals surface area contributed by atoms with Crippen LogP contribution in [0.15, 0.2) is 60.8 Å². The number of nitrogens with one attached hydrogen (secondary N) is 1. The number of rotatable bonds is 7. The molecule has 182 valence electrons. The van der Waals surface area contributed by atoms with Crippen LogP contribution in [-0.2, 0) is 30.4 Å². The number of carbonyl (C=O) groups excluding carboxylic acids is 4. The van der Waals surface area contributed by atoms with Gasteiger partial charge in [0, 0.05) is 41.8 Å². The molecule has 0 bridgehead atoms. The van der Waals surface area contributed by atoms with E-state index in [1.54, 1.807) is 39.9 Å². The summed E-state index contributed by atoms with van der Waals surface area (Å²) >= 11 is 0. The lowest BCUT2D eigenvalue weighted by molar-refractivity contribution is -0.153. The van der Waals surface area contributed by atoms with Gasteiger partial charge < -0.3 is 24.3 Å². The van der Waals surface area contributed by atoms with Crippen molar-refractivity contribution in [3.63, 3.8) is 0 Å². The third-order valence-corrected chi connectivity index (χ3v) is 6.11. The van der Waals surface area contributed by atoms with Crippen molar-refractivity contribution in [2.24, 2.45) is 5.92 Å². The van der Waals surface area contributed by atoms with Crippen LogP contribution in [0.1, 0.15) is 23.2 Å². The molecule has 1 fully saturated rings. The van der Waals surface area contributed by atoms with Crippen LogP contribution < -0.4 is 5.32 Å². The summed E-state index contributed by atoms with van der Waals surface area (Å²) in [5, 5.41) is 3.57. The third-order valence-electron chi connectivity index (χ3n) is 6.11. The number of amides is 2. The quantitative estimate of drug-likeness (QED) is 0.525. The minimum atomic E-state index is -0.590. The van der Waals surface area contributed by atoms with Crippen LogP contribution in [0.25, 0.3) is 10.9 Å². The lowest BCUT2D eigenvalue weighted by atomic mass is 9.95. The van der Waals surface area contributed by atoms with Crippen molar-refractivity contribution in [2.75, 3.05) is 32.1 Å². The third kappa shape index (κ3) is 5.68. The van der Waals surface area contributed by atoms with Crippen LogP contribution in [-0.4, -0.2) is 60.0 Å². The number of anilines is 1. The summed E-state index contributed by atoms with van der Waals surface area (Å²) in [6, 6.07) is 16.4. The average molecular weight is 478 g/mol. The molecule has 35 heavy (non-hydrogen) atoms. The van der Waals surface area contributed by atoms with E-state index < -0.39 is 11.9 Å². The highest BCUT2D eigenvalue weighted by Gasteiger charge is 2.28. The fourth-order valence-corrected chi connectivity index (χ4v) is 4.23. The molecule has 0 spiro atoms. The molecule has 9 nitrogen and oxygen atoms in total. The first-order valence-corrected chi connectivity index (χ1v) is 11.4. The van der Waals surface area contributed by atoms with Crippen LogP contribution in [0.5, 0.6) is 0 Å². The van der Waals surface area contributed by atoms with Crippen molar-refractivity contribution in [1.82, 2.24) is 9.47 Å². The first-order valence-electron chi connectivity index (χ1n) is 11.4. The second-order valence-electron chi connectivity index (χ2n) is 8.35. The number of piperidine rings is 1. The molecule has 0 radical (unpaired) electrons. The van der Waals surface area contributed by atoms with Gasteiger partial charge in [-0.15, -0.1) is 0 Å². The molecule has 3 aromatic rings. The number of aromatic nitrogens is 1. The summed E-state index contributed by atoms with van der Waals surface area (Å²) in [6.07, 6.45) is 2.64. The molecule has 4 rings (SSSR count). The summed E-state index contributed by atoms with van der Waals surface area (Å²) in [5.74, 6) is -1.61. The Morgan fingerprint density at radius 3 is 2.37 bits per heavy atom. The van der Waals surface area contributed by atoms with Crippen molar-refractivity contribution < 1.29 is 28.7 Å². The minimum Gasteiger partial charge on any atom is -0.465 e. The summed E-state index contributed by atoms with van der Waals surface area (Å²) in [4.78, 5) is 51.1. The zero-order valence-electron chi connectivity index (χ0n) is 19.4. The maximum atomic E-state index is 12.5. The minimum absolute atomic E-state index is 0.0556. The number of nitrogens with zero attached hydrogens (tertiary/aromatic N) is 2. The largest absolute Gasteiger partial charge is 0.465 e. The van der Waals surface area contributed by atoms with Crippen molar-refractivity contribution >= 4 is 40.3 Å². The summed E-state index contributed by atoms with van der Waals surface area (Å²) < 4.78 is 11.6. The van der Waals surface area contributed by atoms with Gasteiger partial charge in [0.1, 0.15) is 6.54 Å². The van der Waals surface area contributed by atoms with Crippen molar-refractivity contribution in [1.29, 1.82) is 0 Å². The first kappa shape index (κ1) is 24.0. The van der Waals surface area contributed by atoms with Crippen LogP contribution in [0.4, 0.5) is 5.69 Å². The van der Waals surface area contributed by atoms with Gasteiger partial charge >= 0.3 is 11.9 Å². The number of carbonyl (C=O) groups is 4. The molecular formula is C26H27N3O6. The Labute approximate surface area is 202 Å². The van der Waals surface area contributed by atoms with Crippen molar-refractivity contribution in [3.8, 4) is 0 Å². The second-order valence-corrected chi connectivity index (χ2v) is 8.35. The van der Waals surface area contributed by atoms with Crippen molar-refractivity contribution in [3.05, 3.63) is 66.4 Å². The van der Waals surface area contributed by atoms with E-state index in [1.165, 1.54) is 7.11 Å². The number of para-hydroxylation sites is 2. The van der Waals surface area contributed by atoms with Gasteiger partial charge in [-0.3, -0.25) is 14.4 Å². The Morgan fingerprint density at radius 2 is 1.66 bits per heavy atom. The van der Waals surface area contributed by atoms with E-state index in [2.05, 4.69) is 5.32 Å². The van der Waals surface area contributed by atoms with Gasteiger partial charge in [-0.05, 0) is 31.0 Å². The molecule has 2 amide bonds. The van der Waals surface area contributed by atoms with E-state index in [9.17, 15) is 19.2 Å². The Kier molecular flexibility index (Phi) is 7.45. The summed E-state index contributed by atoms with van der Waals surface area (Å²) in [6.45, 7) is 0.331. The molecule has 9 heteroatoms. The summed E-state index contributed by atoms with van der Waals surface area (Å²) in [7, 11) is 1.30. The topological polar surface area (TPSA) is 107 Å². The molecule has 2 aromatic carbocycles. The molecule has 0 unspecified atom stereocenters. The zero-order valence-corrected chi connectivity index (χ0v) is 19.4.